The highest BCUT2D eigenvalue weighted by Gasteiger charge is 2.30. The average Bonchev–Trinajstić information content (AvgIpc) is 2.89. The molecule has 0 saturated carbocycles. The van der Waals surface area contributed by atoms with Gasteiger partial charge in [-0.25, -0.2) is 0 Å². The predicted molar refractivity (Wildman–Crippen MR) is 82.0 cm³/mol. The van der Waals surface area contributed by atoms with Crippen molar-refractivity contribution in [1.29, 1.82) is 0 Å². The maximum Gasteiger partial charge on any atom is 0.308 e. The third-order valence-corrected chi connectivity index (χ3v) is 4.40. The molecular formula is C17H19NO4. The van der Waals surface area contributed by atoms with Crippen LogP contribution in [0.2, 0.25) is 0 Å². The number of piperidine rings is 1. The van der Waals surface area contributed by atoms with Gasteiger partial charge in [0.1, 0.15) is 5.58 Å². The van der Waals surface area contributed by atoms with Gasteiger partial charge in [0.25, 0.3) is 5.91 Å². The van der Waals surface area contributed by atoms with Gasteiger partial charge < -0.3 is 14.4 Å². The highest BCUT2D eigenvalue weighted by molar-refractivity contribution is 5.96. The molecule has 1 amide bonds. The van der Waals surface area contributed by atoms with Gasteiger partial charge in [-0.05, 0) is 56.0 Å². The summed E-state index contributed by atoms with van der Waals surface area (Å²) in [5.74, 6) is -1.26. The third-order valence-electron chi connectivity index (χ3n) is 4.40. The molecule has 1 atom stereocenters. The molecule has 1 aliphatic rings. The van der Waals surface area contributed by atoms with Crippen molar-refractivity contribution in [2.45, 2.75) is 26.7 Å². The van der Waals surface area contributed by atoms with Crippen molar-refractivity contribution in [2.75, 3.05) is 13.1 Å². The summed E-state index contributed by atoms with van der Waals surface area (Å²) in [6.07, 6.45) is 1.33. The number of rotatable bonds is 2. The molecule has 2 aromatic rings. The Bertz CT molecular complexity index is 707. The van der Waals surface area contributed by atoms with Crippen molar-refractivity contribution < 1.29 is 19.1 Å². The zero-order valence-corrected chi connectivity index (χ0v) is 12.8. The van der Waals surface area contributed by atoms with E-state index in [1.165, 1.54) is 0 Å². The number of carboxylic acid groups (broad SMARTS) is 1. The lowest BCUT2D eigenvalue weighted by atomic mass is 9.98. The van der Waals surface area contributed by atoms with E-state index in [0.717, 1.165) is 16.5 Å². The molecule has 5 heteroatoms. The van der Waals surface area contributed by atoms with Gasteiger partial charge in [0.15, 0.2) is 5.76 Å². The van der Waals surface area contributed by atoms with Crippen LogP contribution in [0.5, 0.6) is 0 Å². The van der Waals surface area contributed by atoms with Crippen molar-refractivity contribution in [3.05, 3.63) is 35.1 Å². The minimum atomic E-state index is -0.839. The van der Waals surface area contributed by atoms with Gasteiger partial charge in [-0.3, -0.25) is 9.59 Å². The molecule has 1 fully saturated rings. The third kappa shape index (κ3) is 2.58. The summed E-state index contributed by atoms with van der Waals surface area (Å²) in [5, 5.41) is 10.0. The quantitative estimate of drug-likeness (QED) is 0.925. The largest absolute Gasteiger partial charge is 0.481 e. The van der Waals surface area contributed by atoms with Crippen LogP contribution >= 0.6 is 0 Å². The Morgan fingerprint density at radius 1 is 1.23 bits per heavy atom. The van der Waals surface area contributed by atoms with Gasteiger partial charge in [-0.2, -0.15) is 0 Å². The zero-order valence-electron chi connectivity index (χ0n) is 12.8. The molecule has 0 aliphatic carbocycles. The molecule has 0 spiro atoms. The summed E-state index contributed by atoms with van der Waals surface area (Å²) in [6, 6.07) is 5.67. The summed E-state index contributed by atoms with van der Waals surface area (Å²) in [7, 11) is 0. The van der Waals surface area contributed by atoms with Gasteiger partial charge in [0.2, 0.25) is 0 Å². The summed E-state index contributed by atoms with van der Waals surface area (Å²) in [4.78, 5) is 25.2. The standard InChI is InChI=1S/C17H19NO4/c1-10-6-13-8-15(22-14(13)7-11(10)2)16(19)18-5-3-4-12(9-18)17(20)21/h6-8,12H,3-5,9H2,1-2H3,(H,20,21). The number of likely N-dealkylation sites (tertiary alicyclic amines) is 1. The number of nitrogens with zero attached hydrogens (tertiary/aromatic N) is 1. The molecule has 116 valence electrons. The lowest BCUT2D eigenvalue weighted by molar-refractivity contribution is -0.143. The van der Waals surface area contributed by atoms with E-state index in [0.29, 0.717) is 25.0 Å². The number of benzene rings is 1. The number of furan rings is 1. The van der Waals surface area contributed by atoms with Crippen LogP contribution < -0.4 is 0 Å². The normalized spacial score (nSPS) is 18.6. The Hall–Kier alpha value is -2.30. The number of amides is 1. The van der Waals surface area contributed by atoms with Crippen molar-refractivity contribution in [2.24, 2.45) is 5.92 Å². The van der Waals surface area contributed by atoms with Gasteiger partial charge in [-0.1, -0.05) is 0 Å². The van der Waals surface area contributed by atoms with Crippen LogP contribution in [0.25, 0.3) is 11.0 Å². The highest BCUT2D eigenvalue weighted by Crippen LogP contribution is 2.25. The van der Waals surface area contributed by atoms with E-state index in [1.54, 1.807) is 11.0 Å². The Balaban J connectivity index is 1.87. The zero-order chi connectivity index (χ0) is 15.9. The fraction of sp³-hybridized carbons (Fsp3) is 0.412. The maximum atomic E-state index is 12.5. The molecule has 1 N–H and O–H groups in total. The molecule has 3 rings (SSSR count). The predicted octanol–water partition coefficient (Wildman–Crippen LogP) is 2.99. The number of carboxylic acids is 1. The van der Waals surface area contributed by atoms with E-state index in [9.17, 15) is 9.59 Å². The van der Waals surface area contributed by atoms with E-state index >= 15 is 0 Å². The molecule has 1 aromatic heterocycles. The molecule has 1 saturated heterocycles. The van der Waals surface area contributed by atoms with Crippen LogP contribution in [0.3, 0.4) is 0 Å². The number of fused-ring (bicyclic) bond motifs is 1. The van der Waals surface area contributed by atoms with Crippen LogP contribution in [0.1, 0.15) is 34.5 Å². The summed E-state index contributed by atoms with van der Waals surface area (Å²) in [6.45, 7) is 4.85. The Kier molecular flexibility index (Phi) is 3.64. The lowest BCUT2D eigenvalue weighted by Gasteiger charge is -2.29. The van der Waals surface area contributed by atoms with Crippen LogP contribution in [0.4, 0.5) is 0 Å². The van der Waals surface area contributed by atoms with E-state index in [1.807, 2.05) is 26.0 Å². The molecule has 0 bridgehead atoms. The Labute approximate surface area is 128 Å². The maximum absolute atomic E-state index is 12.5. The van der Waals surface area contributed by atoms with Crippen LogP contribution in [0, 0.1) is 19.8 Å². The number of hydrogen-bond donors (Lipinski definition) is 1. The van der Waals surface area contributed by atoms with Crippen LogP contribution in [-0.4, -0.2) is 35.0 Å². The number of aryl methyl sites for hydroxylation is 2. The van der Waals surface area contributed by atoms with Crippen molar-refractivity contribution in [3.8, 4) is 0 Å². The first-order valence-corrected chi connectivity index (χ1v) is 7.48. The molecular weight excluding hydrogens is 282 g/mol. The highest BCUT2D eigenvalue weighted by atomic mass is 16.4. The molecule has 1 unspecified atom stereocenters. The molecule has 0 radical (unpaired) electrons. The average molecular weight is 301 g/mol. The summed E-state index contributed by atoms with van der Waals surface area (Å²) < 4.78 is 5.68. The molecule has 1 aliphatic heterocycles. The van der Waals surface area contributed by atoms with E-state index < -0.39 is 11.9 Å². The first-order valence-electron chi connectivity index (χ1n) is 7.48. The van der Waals surface area contributed by atoms with Crippen molar-refractivity contribution >= 4 is 22.8 Å². The minimum Gasteiger partial charge on any atom is -0.481 e. The van der Waals surface area contributed by atoms with E-state index in [2.05, 4.69) is 0 Å². The van der Waals surface area contributed by atoms with Gasteiger partial charge >= 0.3 is 5.97 Å². The SMILES string of the molecule is Cc1cc2cc(C(=O)N3CCCC(C(=O)O)C3)oc2cc1C. The summed E-state index contributed by atoms with van der Waals surface area (Å²) in [5.41, 5.74) is 2.96. The lowest BCUT2D eigenvalue weighted by Crippen LogP contribution is -2.42. The van der Waals surface area contributed by atoms with E-state index in [4.69, 9.17) is 9.52 Å². The monoisotopic (exact) mass is 301 g/mol. The Morgan fingerprint density at radius 3 is 2.68 bits per heavy atom. The molecule has 22 heavy (non-hydrogen) atoms. The van der Waals surface area contributed by atoms with Gasteiger partial charge in [0.05, 0.1) is 5.92 Å². The van der Waals surface area contributed by atoms with Gasteiger partial charge in [0, 0.05) is 18.5 Å². The van der Waals surface area contributed by atoms with Crippen LogP contribution in [0.15, 0.2) is 22.6 Å². The first-order chi connectivity index (χ1) is 10.5. The van der Waals surface area contributed by atoms with Gasteiger partial charge in [-0.15, -0.1) is 0 Å². The first kappa shape index (κ1) is 14.6. The smallest absolute Gasteiger partial charge is 0.308 e. The number of hydrogen-bond acceptors (Lipinski definition) is 3. The molecule has 5 nitrogen and oxygen atoms in total. The Morgan fingerprint density at radius 2 is 1.95 bits per heavy atom. The second kappa shape index (κ2) is 5.48. The fourth-order valence-electron chi connectivity index (χ4n) is 2.93. The number of aliphatic carboxylic acids is 1. The van der Waals surface area contributed by atoms with E-state index in [-0.39, 0.29) is 18.2 Å². The van der Waals surface area contributed by atoms with Crippen molar-refractivity contribution in [3.63, 3.8) is 0 Å². The second-order valence-corrected chi connectivity index (χ2v) is 6.01. The minimum absolute atomic E-state index is 0.225. The molecule has 2 heterocycles. The van der Waals surface area contributed by atoms with Crippen molar-refractivity contribution in [1.82, 2.24) is 4.90 Å². The second-order valence-electron chi connectivity index (χ2n) is 6.01. The topological polar surface area (TPSA) is 70.8 Å². The number of carbonyl (C=O) groups excluding carboxylic acids is 1. The fourth-order valence-corrected chi connectivity index (χ4v) is 2.93. The summed E-state index contributed by atoms with van der Waals surface area (Å²) >= 11 is 0. The van der Waals surface area contributed by atoms with Crippen LogP contribution in [-0.2, 0) is 4.79 Å². The molecule has 1 aromatic carbocycles. The number of carbonyl (C=O) groups is 2.